The molecule has 0 bridgehead atoms. The molecule has 0 unspecified atom stereocenters. The summed E-state index contributed by atoms with van der Waals surface area (Å²) in [6.45, 7) is 3.51. The van der Waals surface area contributed by atoms with Crippen LogP contribution in [0.5, 0.6) is 0 Å². The highest BCUT2D eigenvalue weighted by Crippen LogP contribution is 2.14. The number of nitrogens with one attached hydrogen (secondary N) is 1. The molecule has 1 aliphatic heterocycles. The first-order chi connectivity index (χ1) is 5.68. The number of piperidine rings is 1. The molecule has 1 saturated heterocycles. The van der Waals surface area contributed by atoms with Crippen molar-refractivity contribution in [1.29, 1.82) is 0 Å². The van der Waals surface area contributed by atoms with Crippen molar-refractivity contribution in [1.82, 2.24) is 10.2 Å². The smallest absolute Gasteiger partial charge is 0.00817 e. The van der Waals surface area contributed by atoms with E-state index in [-0.39, 0.29) is 0 Å². The van der Waals surface area contributed by atoms with Crippen LogP contribution in [0, 0.1) is 0 Å². The lowest BCUT2D eigenvalue weighted by Gasteiger charge is -2.29. The molecule has 0 aromatic rings. The number of rotatable bonds is 3. The third-order valence-corrected chi connectivity index (χ3v) is 2.63. The molecule has 1 fully saturated rings. The quantitative estimate of drug-likeness (QED) is 0.690. The molecule has 0 spiro atoms. The summed E-state index contributed by atoms with van der Waals surface area (Å²) in [5.41, 5.74) is 0. The lowest BCUT2D eigenvalue weighted by atomic mass is 9.97. The minimum atomic E-state index is 0.742. The van der Waals surface area contributed by atoms with Crippen LogP contribution in [0.25, 0.3) is 0 Å². The van der Waals surface area contributed by atoms with Crippen molar-refractivity contribution in [3.63, 3.8) is 0 Å². The first-order valence-electron chi connectivity index (χ1n) is 5.09. The lowest BCUT2D eigenvalue weighted by Crippen LogP contribution is -2.41. The van der Waals surface area contributed by atoms with Crippen molar-refractivity contribution in [3.05, 3.63) is 0 Å². The average Bonchev–Trinajstić information content (AvgIpc) is 2.01. The van der Waals surface area contributed by atoms with Crippen LogP contribution in [-0.2, 0) is 0 Å². The van der Waals surface area contributed by atoms with Crippen molar-refractivity contribution in [3.8, 4) is 0 Å². The van der Waals surface area contributed by atoms with Crippen LogP contribution < -0.4 is 5.32 Å². The molecule has 0 aliphatic carbocycles. The molecular weight excluding hydrogens is 148 g/mol. The van der Waals surface area contributed by atoms with Gasteiger partial charge in [-0.15, -0.1) is 0 Å². The van der Waals surface area contributed by atoms with Crippen molar-refractivity contribution in [2.45, 2.75) is 44.7 Å². The second kappa shape index (κ2) is 4.83. The Morgan fingerprint density at radius 1 is 1.33 bits per heavy atom. The Bertz CT molecular complexity index is 123. The van der Waals surface area contributed by atoms with Crippen molar-refractivity contribution >= 4 is 0 Å². The highest BCUT2D eigenvalue weighted by molar-refractivity contribution is 4.77. The zero-order valence-corrected chi connectivity index (χ0v) is 8.64. The van der Waals surface area contributed by atoms with Crippen LogP contribution in [0.2, 0.25) is 0 Å². The van der Waals surface area contributed by atoms with Gasteiger partial charge in [0.15, 0.2) is 0 Å². The van der Waals surface area contributed by atoms with E-state index < -0.39 is 0 Å². The minimum absolute atomic E-state index is 0.742. The molecule has 0 radical (unpaired) electrons. The van der Waals surface area contributed by atoms with Gasteiger partial charge in [0, 0.05) is 12.1 Å². The standard InChI is InChI=1S/C10H22N2/c1-9-5-4-6-10(11-9)7-8-12(2)3/h9-11H,4-8H2,1-3H3/t9-,10-/m1/s1. The normalized spacial score (nSPS) is 31.0. The Labute approximate surface area is 76.3 Å². The third-order valence-electron chi connectivity index (χ3n) is 2.63. The second-order valence-corrected chi connectivity index (χ2v) is 4.29. The maximum absolute atomic E-state index is 3.64. The molecule has 0 aromatic heterocycles. The van der Waals surface area contributed by atoms with Crippen molar-refractivity contribution in [2.24, 2.45) is 0 Å². The number of nitrogens with zero attached hydrogens (tertiary/aromatic N) is 1. The largest absolute Gasteiger partial charge is 0.311 e. The van der Waals surface area contributed by atoms with Gasteiger partial charge in [-0.25, -0.2) is 0 Å². The number of hydrogen-bond acceptors (Lipinski definition) is 2. The van der Waals surface area contributed by atoms with Crippen LogP contribution in [0.1, 0.15) is 32.6 Å². The molecule has 0 aromatic carbocycles. The van der Waals surface area contributed by atoms with Gasteiger partial charge in [-0.3, -0.25) is 0 Å². The maximum Gasteiger partial charge on any atom is 0.00817 e. The van der Waals surface area contributed by atoms with Gasteiger partial charge in [-0.2, -0.15) is 0 Å². The molecule has 12 heavy (non-hydrogen) atoms. The van der Waals surface area contributed by atoms with Crippen LogP contribution in [0.15, 0.2) is 0 Å². The van der Waals surface area contributed by atoms with E-state index in [1.807, 2.05) is 0 Å². The molecule has 1 heterocycles. The summed E-state index contributed by atoms with van der Waals surface area (Å²) in [4.78, 5) is 2.26. The predicted octanol–water partition coefficient (Wildman–Crippen LogP) is 1.47. The van der Waals surface area contributed by atoms with Crippen molar-refractivity contribution in [2.75, 3.05) is 20.6 Å². The molecule has 2 heteroatoms. The Hall–Kier alpha value is -0.0800. The highest BCUT2D eigenvalue weighted by Gasteiger charge is 2.16. The van der Waals surface area contributed by atoms with Crippen LogP contribution in [0.3, 0.4) is 0 Å². The van der Waals surface area contributed by atoms with Crippen molar-refractivity contribution < 1.29 is 0 Å². The Morgan fingerprint density at radius 3 is 2.67 bits per heavy atom. The molecule has 1 N–H and O–H groups in total. The lowest BCUT2D eigenvalue weighted by molar-refractivity contribution is 0.288. The minimum Gasteiger partial charge on any atom is -0.311 e. The monoisotopic (exact) mass is 170 g/mol. The molecule has 72 valence electrons. The van der Waals surface area contributed by atoms with Crippen LogP contribution in [-0.4, -0.2) is 37.6 Å². The van der Waals surface area contributed by atoms with Crippen LogP contribution in [0.4, 0.5) is 0 Å². The topological polar surface area (TPSA) is 15.3 Å². The van der Waals surface area contributed by atoms with Gasteiger partial charge in [-0.1, -0.05) is 6.42 Å². The van der Waals surface area contributed by atoms with E-state index in [0.717, 1.165) is 12.1 Å². The first kappa shape index (κ1) is 10.0. The summed E-state index contributed by atoms with van der Waals surface area (Å²) in [5.74, 6) is 0. The second-order valence-electron chi connectivity index (χ2n) is 4.29. The number of hydrogen-bond donors (Lipinski definition) is 1. The van der Waals surface area contributed by atoms with Gasteiger partial charge >= 0.3 is 0 Å². The maximum atomic E-state index is 3.64. The highest BCUT2D eigenvalue weighted by atomic mass is 15.1. The average molecular weight is 170 g/mol. The Morgan fingerprint density at radius 2 is 2.08 bits per heavy atom. The van der Waals surface area contributed by atoms with E-state index in [1.54, 1.807) is 0 Å². The summed E-state index contributed by atoms with van der Waals surface area (Å²) in [5, 5.41) is 3.64. The summed E-state index contributed by atoms with van der Waals surface area (Å²) in [6.07, 6.45) is 5.44. The first-order valence-corrected chi connectivity index (χ1v) is 5.09. The van der Waals surface area contributed by atoms with E-state index in [4.69, 9.17) is 0 Å². The summed E-state index contributed by atoms with van der Waals surface area (Å²) >= 11 is 0. The molecule has 1 aliphatic rings. The zero-order chi connectivity index (χ0) is 8.97. The summed E-state index contributed by atoms with van der Waals surface area (Å²) < 4.78 is 0. The van der Waals surface area contributed by atoms with Gasteiger partial charge in [-0.05, 0) is 46.8 Å². The van der Waals surface area contributed by atoms with Gasteiger partial charge in [0.1, 0.15) is 0 Å². The molecule has 0 amide bonds. The zero-order valence-electron chi connectivity index (χ0n) is 8.64. The van der Waals surface area contributed by atoms with Gasteiger partial charge in [0.05, 0.1) is 0 Å². The van der Waals surface area contributed by atoms with Crippen LogP contribution >= 0.6 is 0 Å². The fraction of sp³-hybridized carbons (Fsp3) is 1.00. The SMILES string of the molecule is C[C@@H]1CCC[C@H](CCN(C)C)N1. The molecule has 2 nitrogen and oxygen atoms in total. The summed E-state index contributed by atoms with van der Waals surface area (Å²) in [6, 6.07) is 1.52. The van der Waals surface area contributed by atoms with E-state index in [1.165, 1.54) is 32.2 Å². The van der Waals surface area contributed by atoms with E-state index in [0.29, 0.717) is 0 Å². The van der Waals surface area contributed by atoms with E-state index in [9.17, 15) is 0 Å². The van der Waals surface area contributed by atoms with E-state index >= 15 is 0 Å². The molecule has 2 atom stereocenters. The Kier molecular flexibility index (Phi) is 4.02. The van der Waals surface area contributed by atoms with Gasteiger partial charge < -0.3 is 10.2 Å². The summed E-state index contributed by atoms with van der Waals surface area (Å²) in [7, 11) is 4.29. The fourth-order valence-corrected chi connectivity index (χ4v) is 1.88. The molecule has 1 rings (SSSR count). The van der Waals surface area contributed by atoms with Gasteiger partial charge in [0.2, 0.25) is 0 Å². The fourth-order valence-electron chi connectivity index (χ4n) is 1.88. The van der Waals surface area contributed by atoms with Gasteiger partial charge in [0.25, 0.3) is 0 Å². The molecule has 0 saturated carbocycles. The van der Waals surface area contributed by atoms with E-state index in [2.05, 4.69) is 31.2 Å². The predicted molar refractivity (Wildman–Crippen MR) is 53.4 cm³/mol. The molecular formula is C10H22N2. The Balaban J connectivity index is 2.14. The third kappa shape index (κ3) is 3.55.